The van der Waals surface area contributed by atoms with E-state index in [2.05, 4.69) is 15.9 Å². The molecule has 4 nitrogen and oxygen atoms in total. The molecule has 0 spiro atoms. The first-order chi connectivity index (χ1) is 10.2. The third-order valence-electron chi connectivity index (χ3n) is 2.96. The van der Waals surface area contributed by atoms with E-state index in [4.69, 9.17) is 9.47 Å². The SMILES string of the molecule is COCCCN(CCOC)C(=O)/C=C/c1ccccc1Br. The van der Waals surface area contributed by atoms with Crippen molar-refractivity contribution in [3.05, 3.63) is 40.4 Å². The molecule has 1 aromatic carbocycles. The van der Waals surface area contributed by atoms with E-state index < -0.39 is 0 Å². The monoisotopic (exact) mass is 355 g/mol. The highest BCUT2D eigenvalue weighted by Gasteiger charge is 2.10. The molecule has 0 fully saturated rings. The molecule has 1 aromatic rings. The van der Waals surface area contributed by atoms with Crippen molar-refractivity contribution in [2.45, 2.75) is 6.42 Å². The van der Waals surface area contributed by atoms with Crippen molar-refractivity contribution in [3.63, 3.8) is 0 Å². The molecule has 0 saturated heterocycles. The number of ether oxygens (including phenoxy) is 2. The van der Waals surface area contributed by atoms with E-state index in [1.807, 2.05) is 30.3 Å². The van der Waals surface area contributed by atoms with Gasteiger partial charge < -0.3 is 14.4 Å². The predicted molar refractivity (Wildman–Crippen MR) is 88.1 cm³/mol. The van der Waals surface area contributed by atoms with E-state index >= 15 is 0 Å². The van der Waals surface area contributed by atoms with Crippen LogP contribution in [0.1, 0.15) is 12.0 Å². The Hall–Kier alpha value is -1.17. The molecule has 0 aliphatic carbocycles. The minimum absolute atomic E-state index is 0.0149. The quantitative estimate of drug-likeness (QED) is 0.504. The number of halogens is 1. The lowest BCUT2D eigenvalue weighted by molar-refractivity contribution is -0.126. The van der Waals surface area contributed by atoms with Crippen LogP contribution >= 0.6 is 15.9 Å². The zero-order valence-corrected chi connectivity index (χ0v) is 14.1. The fraction of sp³-hybridized carbons (Fsp3) is 0.438. The number of amides is 1. The number of hydrogen-bond donors (Lipinski definition) is 0. The second-order valence-corrected chi connectivity index (χ2v) is 5.37. The number of benzene rings is 1. The molecule has 0 radical (unpaired) electrons. The summed E-state index contributed by atoms with van der Waals surface area (Å²) < 4.78 is 11.1. The van der Waals surface area contributed by atoms with Crippen molar-refractivity contribution >= 4 is 27.9 Å². The molecule has 0 heterocycles. The van der Waals surface area contributed by atoms with E-state index in [-0.39, 0.29) is 5.91 Å². The Morgan fingerprint density at radius 3 is 2.57 bits per heavy atom. The minimum Gasteiger partial charge on any atom is -0.385 e. The van der Waals surface area contributed by atoms with Crippen LogP contribution in [0.2, 0.25) is 0 Å². The van der Waals surface area contributed by atoms with Crippen molar-refractivity contribution in [2.24, 2.45) is 0 Å². The van der Waals surface area contributed by atoms with Gasteiger partial charge >= 0.3 is 0 Å². The first kappa shape index (κ1) is 17.9. The number of methoxy groups -OCH3 is 2. The summed E-state index contributed by atoms with van der Waals surface area (Å²) in [5.74, 6) is -0.0149. The fourth-order valence-corrected chi connectivity index (χ4v) is 2.23. The van der Waals surface area contributed by atoms with Gasteiger partial charge in [0.25, 0.3) is 0 Å². The Balaban J connectivity index is 2.64. The molecule has 5 heteroatoms. The summed E-state index contributed by atoms with van der Waals surface area (Å²) in [5.41, 5.74) is 0.981. The van der Waals surface area contributed by atoms with Crippen LogP contribution in [-0.2, 0) is 14.3 Å². The number of carbonyl (C=O) groups excluding carboxylic acids is 1. The van der Waals surface area contributed by atoms with Gasteiger partial charge in [-0.15, -0.1) is 0 Å². The van der Waals surface area contributed by atoms with E-state index in [0.717, 1.165) is 16.5 Å². The van der Waals surface area contributed by atoms with Gasteiger partial charge in [0.05, 0.1) is 6.61 Å². The van der Waals surface area contributed by atoms with Crippen molar-refractivity contribution in [1.82, 2.24) is 4.90 Å². The summed E-state index contributed by atoms with van der Waals surface area (Å²) in [4.78, 5) is 14.0. The van der Waals surface area contributed by atoms with Gasteiger partial charge in [-0.3, -0.25) is 4.79 Å². The summed E-state index contributed by atoms with van der Waals surface area (Å²) in [5, 5.41) is 0. The van der Waals surface area contributed by atoms with E-state index in [9.17, 15) is 4.79 Å². The van der Waals surface area contributed by atoms with Crippen LogP contribution in [0.15, 0.2) is 34.8 Å². The molecule has 0 saturated carbocycles. The van der Waals surface area contributed by atoms with E-state index in [0.29, 0.717) is 26.3 Å². The lowest BCUT2D eigenvalue weighted by atomic mass is 10.2. The Bertz CT molecular complexity index is 463. The van der Waals surface area contributed by atoms with Crippen molar-refractivity contribution in [2.75, 3.05) is 40.5 Å². The second-order valence-electron chi connectivity index (χ2n) is 4.52. The maximum atomic E-state index is 12.3. The Morgan fingerprint density at radius 2 is 1.90 bits per heavy atom. The normalized spacial score (nSPS) is 11.0. The average Bonchev–Trinajstić information content (AvgIpc) is 2.49. The summed E-state index contributed by atoms with van der Waals surface area (Å²) >= 11 is 3.46. The van der Waals surface area contributed by atoms with Crippen LogP contribution in [0, 0.1) is 0 Å². The van der Waals surface area contributed by atoms with Crippen LogP contribution in [-0.4, -0.2) is 51.3 Å². The van der Waals surface area contributed by atoms with Gasteiger partial charge in [0.1, 0.15) is 0 Å². The largest absolute Gasteiger partial charge is 0.385 e. The summed E-state index contributed by atoms with van der Waals surface area (Å²) in [6.07, 6.45) is 4.24. The van der Waals surface area contributed by atoms with Gasteiger partial charge in [-0.25, -0.2) is 0 Å². The van der Waals surface area contributed by atoms with Crippen molar-refractivity contribution in [3.8, 4) is 0 Å². The molecule has 0 aromatic heterocycles. The maximum absolute atomic E-state index is 12.3. The Labute approximate surface area is 134 Å². The summed E-state index contributed by atoms with van der Waals surface area (Å²) in [6.45, 7) is 2.42. The highest BCUT2D eigenvalue weighted by atomic mass is 79.9. The van der Waals surface area contributed by atoms with E-state index in [1.54, 1.807) is 25.2 Å². The third kappa shape index (κ3) is 6.89. The number of rotatable bonds is 9. The van der Waals surface area contributed by atoms with Crippen LogP contribution in [0.3, 0.4) is 0 Å². The molecule has 21 heavy (non-hydrogen) atoms. The first-order valence-corrected chi connectivity index (χ1v) is 7.67. The average molecular weight is 356 g/mol. The molecule has 0 N–H and O–H groups in total. The molecule has 1 amide bonds. The van der Waals surface area contributed by atoms with Gasteiger partial charge in [0.2, 0.25) is 5.91 Å². The van der Waals surface area contributed by atoms with E-state index in [1.165, 1.54) is 0 Å². The molecule has 0 atom stereocenters. The number of hydrogen-bond acceptors (Lipinski definition) is 3. The van der Waals surface area contributed by atoms with Crippen LogP contribution in [0.5, 0.6) is 0 Å². The molecule has 0 aliphatic rings. The highest BCUT2D eigenvalue weighted by molar-refractivity contribution is 9.10. The lowest BCUT2D eigenvalue weighted by Gasteiger charge is -2.20. The molecule has 0 bridgehead atoms. The summed E-state index contributed by atoms with van der Waals surface area (Å²) in [7, 11) is 3.29. The smallest absolute Gasteiger partial charge is 0.246 e. The van der Waals surface area contributed by atoms with Crippen molar-refractivity contribution < 1.29 is 14.3 Å². The van der Waals surface area contributed by atoms with Crippen LogP contribution in [0.4, 0.5) is 0 Å². The molecule has 116 valence electrons. The number of nitrogens with zero attached hydrogens (tertiary/aromatic N) is 1. The van der Waals surface area contributed by atoms with Crippen LogP contribution < -0.4 is 0 Å². The second kappa shape index (κ2) is 10.5. The first-order valence-electron chi connectivity index (χ1n) is 6.88. The van der Waals surface area contributed by atoms with Crippen molar-refractivity contribution in [1.29, 1.82) is 0 Å². The third-order valence-corrected chi connectivity index (χ3v) is 3.69. The predicted octanol–water partition coefficient (Wildman–Crippen LogP) is 2.97. The standard InChI is InChI=1S/C16H22BrNO3/c1-20-12-5-10-18(11-13-21-2)16(19)9-8-14-6-3-4-7-15(14)17/h3-4,6-9H,5,10-13H2,1-2H3/b9-8+. The molecular weight excluding hydrogens is 334 g/mol. The number of carbonyl (C=O) groups is 1. The Kier molecular flexibility index (Phi) is 8.98. The zero-order valence-electron chi connectivity index (χ0n) is 12.5. The highest BCUT2D eigenvalue weighted by Crippen LogP contribution is 2.17. The van der Waals surface area contributed by atoms with Gasteiger partial charge in [0, 0.05) is 44.5 Å². The topological polar surface area (TPSA) is 38.8 Å². The summed E-state index contributed by atoms with van der Waals surface area (Å²) in [6, 6.07) is 7.79. The minimum atomic E-state index is -0.0149. The zero-order chi connectivity index (χ0) is 15.5. The molecular formula is C16H22BrNO3. The lowest BCUT2D eigenvalue weighted by Crippen LogP contribution is -2.34. The van der Waals surface area contributed by atoms with Gasteiger partial charge in [0.15, 0.2) is 0 Å². The van der Waals surface area contributed by atoms with Gasteiger partial charge in [-0.05, 0) is 24.1 Å². The van der Waals surface area contributed by atoms with Crippen LogP contribution in [0.25, 0.3) is 6.08 Å². The van der Waals surface area contributed by atoms with Gasteiger partial charge in [-0.2, -0.15) is 0 Å². The molecule has 1 rings (SSSR count). The maximum Gasteiger partial charge on any atom is 0.246 e. The fourth-order valence-electron chi connectivity index (χ4n) is 1.81. The molecule has 0 aliphatic heterocycles. The Morgan fingerprint density at radius 1 is 1.19 bits per heavy atom. The van der Waals surface area contributed by atoms with Gasteiger partial charge in [-0.1, -0.05) is 34.1 Å². The molecule has 0 unspecified atom stereocenters.